The molecule has 1 atom stereocenters. The Morgan fingerprint density at radius 2 is 2.09 bits per heavy atom. The van der Waals surface area contributed by atoms with Crippen molar-refractivity contribution in [2.24, 2.45) is 5.92 Å². The van der Waals surface area contributed by atoms with E-state index in [0.717, 1.165) is 15.6 Å². The van der Waals surface area contributed by atoms with E-state index in [1.54, 1.807) is 0 Å². The van der Waals surface area contributed by atoms with E-state index >= 15 is 0 Å². The molecule has 1 aromatic rings. The number of nitrogens with one attached hydrogen (secondary N) is 1. The summed E-state index contributed by atoms with van der Waals surface area (Å²) in [5, 5.41) is 2.72. The van der Waals surface area contributed by atoms with E-state index < -0.39 is 10.0 Å². The molecule has 6 nitrogen and oxygen atoms in total. The highest BCUT2D eigenvalue weighted by atomic mass is 32.2. The van der Waals surface area contributed by atoms with Gasteiger partial charge in [-0.15, -0.1) is 0 Å². The molecular weight excluding hydrogens is 304 g/mol. The first kappa shape index (κ1) is 16.8. The number of sulfonamides is 1. The molecule has 0 fully saturated rings. The lowest BCUT2D eigenvalue weighted by Crippen LogP contribution is -2.37. The third-order valence-corrected chi connectivity index (χ3v) is 5.58. The Balaban J connectivity index is 1.91. The second-order valence-electron chi connectivity index (χ2n) is 5.54. The number of fused-ring (bicyclic) bond motifs is 1. The summed E-state index contributed by atoms with van der Waals surface area (Å²) in [7, 11) is -0.321. The molecule has 0 radical (unpaired) electrons. The van der Waals surface area contributed by atoms with Gasteiger partial charge in [0.25, 0.3) is 0 Å². The van der Waals surface area contributed by atoms with Crippen molar-refractivity contribution in [3.05, 3.63) is 29.8 Å². The van der Waals surface area contributed by atoms with E-state index in [4.69, 9.17) is 4.74 Å². The van der Waals surface area contributed by atoms with Gasteiger partial charge in [0.05, 0.1) is 12.4 Å². The average molecular weight is 326 g/mol. The van der Waals surface area contributed by atoms with Crippen LogP contribution in [-0.4, -0.2) is 51.6 Å². The van der Waals surface area contributed by atoms with Gasteiger partial charge in [0, 0.05) is 26.6 Å². The molecule has 1 aliphatic heterocycles. The van der Waals surface area contributed by atoms with E-state index in [-0.39, 0.29) is 24.1 Å². The molecule has 0 aromatic heterocycles. The maximum absolute atomic E-state index is 12.2. The highest BCUT2D eigenvalue weighted by Gasteiger charge is 2.24. The number of carbonyl (C=O) groups is 1. The smallest absolute Gasteiger partial charge is 0.223 e. The molecule has 1 N–H and O–H groups in total. The summed E-state index contributed by atoms with van der Waals surface area (Å²) >= 11 is 0. The summed E-state index contributed by atoms with van der Waals surface area (Å²) in [5.41, 5.74) is 1.01. The Labute approximate surface area is 131 Å². The molecular formula is C15H22N2O4S. The summed E-state index contributed by atoms with van der Waals surface area (Å²) in [6, 6.07) is 7.69. The molecule has 0 unspecified atom stereocenters. The van der Waals surface area contributed by atoms with Gasteiger partial charge in [-0.2, -0.15) is 0 Å². The van der Waals surface area contributed by atoms with Crippen LogP contribution in [0, 0.1) is 5.92 Å². The largest absolute Gasteiger partial charge is 0.493 e. The number of carbonyl (C=O) groups excluding carboxylic acids is 1. The van der Waals surface area contributed by atoms with Crippen LogP contribution < -0.4 is 10.1 Å². The van der Waals surface area contributed by atoms with Gasteiger partial charge in [-0.3, -0.25) is 4.79 Å². The Kier molecular flexibility index (Phi) is 5.42. The Morgan fingerprint density at radius 3 is 2.82 bits per heavy atom. The maximum atomic E-state index is 12.2. The number of benzene rings is 1. The van der Waals surface area contributed by atoms with Gasteiger partial charge < -0.3 is 10.1 Å². The number of rotatable bonds is 5. The minimum Gasteiger partial charge on any atom is -0.493 e. The zero-order valence-electron chi connectivity index (χ0n) is 12.9. The van der Waals surface area contributed by atoms with E-state index in [2.05, 4.69) is 5.32 Å². The monoisotopic (exact) mass is 326 g/mol. The number of nitrogens with zero attached hydrogens (tertiary/aromatic N) is 1. The predicted octanol–water partition coefficient (Wildman–Crippen LogP) is 0.635. The summed E-state index contributed by atoms with van der Waals surface area (Å²) in [6.07, 6.45) is 1.24. The molecule has 22 heavy (non-hydrogen) atoms. The first-order valence-corrected chi connectivity index (χ1v) is 8.89. The van der Waals surface area contributed by atoms with Crippen LogP contribution in [0.25, 0.3) is 0 Å². The second kappa shape index (κ2) is 7.11. The number of ether oxygens (including phenoxy) is 1. The van der Waals surface area contributed by atoms with Crippen molar-refractivity contribution in [3.63, 3.8) is 0 Å². The fourth-order valence-corrected chi connectivity index (χ4v) is 3.07. The van der Waals surface area contributed by atoms with E-state index in [1.165, 1.54) is 14.1 Å². The highest BCUT2D eigenvalue weighted by molar-refractivity contribution is 7.89. The van der Waals surface area contributed by atoms with Crippen LogP contribution in [0.5, 0.6) is 5.75 Å². The molecule has 0 aliphatic carbocycles. The summed E-state index contributed by atoms with van der Waals surface area (Å²) in [4.78, 5) is 12.2. The van der Waals surface area contributed by atoms with E-state index in [0.29, 0.717) is 19.4 Å². The lowest BCUT2D eigenvalue weighted by Gasteiger charge is -2.15. The van der Waals surface area contributed by atoms with Gasteiger partial charge in [0.15, 0.2) is 0 Å². The van der Waals surface area contributed by atoms with Crippen molar-refractivity contribution < 1.29 is 17.9 Å². The Morgan fingerprint density at radius 1 is 1.36 bits per heavy atom. The standard InChI is InChI=1S/C15H22N2O4S/c1-17(2)22(19,20)10-8-16-15(18)13-7-9-21-14-6-4-3-5-12(14)11-13/h3-6,13H,7-11H2,1-2H3,(H,16,18)/t13-/m1/s1. The van der Waals surface area contributed by atoms with Crippen LogP contribution in [0.4, 0.5) is 0 Å². The van der Waals surface area contributed by atoms with Crippen molar-refractivity contribution >= 4 is 15.9 Å². The number of hydrogen-bond donors (Lipinski definition) is 1. The van der Waals surface area contributed by atoms with Crippen LogP contribution in [0.1, 0.15) is 12.0 Å². The molecule has 7 heteroatoms. The van der Waals surface area contributed by atoms with Gasteiger partial charge in [0.1, 0.15) is 5.75 Å². The molecule has 1 heterocycles. The molecule has 0 saturated heterocycles. The number of hydrogen-bond acceptors (Lipinski definition) is 4. The average Bonchev–Trinajstić information content (AvgIpc) is 2.69. The minimum absolute atomic E-state index is 0.0917. The van der Waals surface area contributed by atoms with Crippen molar-refractivity contribution in [3.8, 4) is 5.75 Å². The van der Waals surface area contributed by atoms with Gasteiger partial charge in [0.2, 0.25) is 15.9 Å². The van der Waals surface area contributed by atoms with Crippen molar-refractivity contribution in [1.29, 1.82) is 0 Å². The van der Waals surface area contributed by atoms with Crippen LogP contribution in [0.15, 0.2) is 24.3 Å². The molecule has 122 valence electrons. The molecule has 0 bridgehead atoms. The van der Waals surface area contributed by atoms with Crippen molar-refractivity contribution in [2.45, 2.75) is 12.8 Å². The molecule has 1 aromatic carbocycles. The van der Waals surface area contributed by atoms with Crippen LogP contribution in [-0.2, 0) is 21.2 Å². The normalized spacial score (nSPS) is 18.2. The third kappa shape index (κ3) is 4.20. The quantitative estimate of drug-likeness (QED) is 0.861. The molecule has 0 saturated carbocycles. The van der Waals surface area contributed by atoms with Gasteiger partial charge in [-0.1, -0.05) is 18.2 Å². The Hall–Kier alpha value is -1.60. The van der Waals surface area contributed by atoms with Gasteiger partial charge in [-0.25, -0.2) is 12.7 Å². The zero-order valence-corrected chi connectivity index (χ0v) is 13.7. The molecule has 1 amide bonds. The summed E-state index contributed by atoms with van der Waals surface area (Å²) in [5.74, 6) is 0.430. The predicted molar refractivity (Wildman–Crippen MR) is 84.2 cm³/mol. The third-order valence-electron chi connectivity index (χ3n) is 3.75. The topological polar surface area (TPSA) is 75.7 Å². The lowest BCUT2D eigenvalue weighted by atomic mass is 9.96. The zero-order chi connectivity index (χ0) is 16.2. The van der Waals surface area contributed by atoms with E-state index in [1.807, 2.05) is 24.3 Å². The van der Waals surface area contributed by atoms with Gasteiger partial charge >= 0.3 is 0 Å². The lowest BCUT2D eigenvalue weighted by molar-refractivity contribution is -0.125. The first-order valence-electron chi connectivity index (χ1n) is 7.29. The fourth-order valence-electron chi connectivity index (χ4n) is 2.35. The number of amides is 1. The second-order valence-corrected chi connectivity index (χ2v) is 7.84. The van der Waals surface area contributed by atoms with Crippen LogP contribution in [0.2, 0.25) is 0 Å². The summed E-state index contributed by atoms with van der Waals surface area (Å²) < 4.78 is 30.1. The molecule has 2 rings (SSSR count). The number of para-hydroxylation sites is 1. The summed E-state index contributed by atoms with van der Waals surface area (Å²) in [6.45, 7) is 0.615. The molecule has 0 spiro atoms. The highest BCUT2D eigenvalue weighted by Crippen LogP contribution is 2.26. The van der Waals surface area contributed by atoms with Gasteiger partial charge in [-0.05, 0) is 24.5 Å². The van der Waals surface area contributed by atoms with Crippen LogP contribution in [0.3, 0.4) is 0 Å². The molecule has 1 aliphatic rings. The van der Waals surface area contributed by atoms with E-state index in [9.17, 15) is 13.2 Å². The SMILES string of the molecule is CN(C)S(=O)(=O)CCNC(=O)[C@@H]1CCOc2ccccc2C1. The van der Waals surface area contributed by atoms with Crippen LogP contribution >= 0.6 is 0 Å². The van der Waals surface area contributed by atoms with Crippen molar-refractivity contribution in [1.82, 2.24) is 9.62 Å². The first-order chi connectivity index (χ1) is 10.4. The fraction of sp³-hybridized carbons (Fsp3) is 0.533. The van der Waals surface area contributed by atoms with Crippen molar-refractivity contribution in [2.75, 3.05) is 33.0 Å². The minimum atomic E-state index is -3.29. The Bertz CT molecular complexity index is 628. The maximum Gasteiger partial charge on any atom is 0.223 e.